The summed E-state index contributed by atoms with van der Waals surface area (Å²) in [5.74, 6) is 0.470. The third kappa shape index (κ3) is 4.63. The predicted molar refractivity (Wildman–Crippen MR) is 142 cm³/mol. The molecule has 1 heterocycles. The molecule has 5 nitrogen and oxygen atoms in total. The van der Waals surface area contributed by atoms with Crippen molar-refractivity contribution in [3.63, 3.8) is 0 Å². The molecule has 5 rings (SSSR count). The second-order valence-electron chi connectivity index (χ2n) is 8.89. The topological polar surface area (TPSA) is 69.3 Å². The first-order valence-electron chi connectivity index (χ1n) is 11.8. The molecule has 0 bridgehead atoms. The van der Waals surface area contributed by atoms with Gasteiger partial charge in [0.1, 0.15) is 12.3 Å². The Bertz CT molecular complexity index is 1510. The molecule has 176 valence electrons. The van der Waals surface area contributed by atoms with Gasteiger partial charge in [-0.15, -0.1) is 0 Å². The van der Waals surface area contributed by atoms with Crippen molar-refractivity contribution in [3.05, 3.63) is 102 Å². The number of hydrogen-bond acceptors (Lipinski definition) is 3. The van der Waals surface area contributed by atoms with Crippen molar-refractivity contribution >= 4 is 27.6 Å². The number of primary amides is 1. The van der Waals surface area contributed by atoms with E-state index in [0.717, 1.165) is 34.3 Å². The van der Waals surface area contributed by atoms with Gasteiger partial charge in [0.15, 0.2) is 0 Å². The van der Waals surface area contributed by atoms with Gasteiger partial charge in [-0.1, -0.05) is 54.6 Å². The first-order valence-corrected chi connectivity index (χ1v) is 11.8. The van der Waals surface area contributed by atoms with E-state index < -0.39 is 0 Å². The molecule has 0 fully saturated rings. The van der Waals surface area contributed by atoms with Gasteiger partial charge in [0.2, 0.25) is 5.91 Å². The first-order chi connectivity index (χ1) is 17.0. The van der Waals surface area contributed by atoms with Gasteiger partial charge in [-0.3, -0.25) is 4.79 Å². The van der Waals surface area contributed by atoms with Gasteiger partial charge in [0.25, 0.3) is 0 Å². The van der Waals surface area contributed by atoms with Crippen LogP contribution in [0.1, 0.15) is 24.1 Å². The lowest BCUT2D eigenvalue weighted by Gasteiger charge is -2.18. The summed E-state index contributed by atoms with van der Waals surface area (Å²) < 4.78 is 7.55. The van der Waals surface area contributed by atoms with Crippen LogP contribution in [0.25, 0.3) is 32.8 Å². The lowest BCUT2D eigenvalue weighted by Crippen LogP contribution is -2.18. The minimum Gasteiger partial charge on any atom is -0.496 e. The van der Waals surface area contributed by atoms with Gasteiger partial charge in [-0.2, -0.15) is 0 Å². The highest BCUT2D eigenvalue weighted by molar-refractivity contribution is 5.88. The van der Waals surface area contributed by atoms with Crippen LogP contribution in [0.5, 0.6) is 5.75 Å². The van der Waals surface area contributed by atoms with Crippen LogP contribution in [0.3, 0.4) is 0 Å². The van der Waals surface area contributed by atoms with Crippen molar-refractivity contribution < 1.29 is 9.53 Å². The van der Waals surface area contributed by atoms with Crippen LogP contribution in [-0.4, -0.2) is 17.6 Å². The summed E-state index contributed by atoms with van der Waals surface area (Å²) in [6.45, 7) is 3.11. The zero-order chi connectivity index (χ0) is 24.4. The summed E-state index contributed by atoms with van der Waals surface area (Å²) >= 11 is 0. The molecule has 1 atom stereocenters. The fourth-order valence-electron chi connectivity index (χ4n) is 4.77. The molecule has 0 aliphatic carbocycles. The number of carbonyl (C=O) groups is 1. The number of methoxy groups -OCH3 is 1. The number of aromatic nitrogens is 1. The van der Waals surface area contributed by atoms with Crippen LogP contribution in [0, 0.1) is 0 Å². The van der Waals surface area contributed by atoms with Crippen LogP contribution >= 0.6 is 0 Å². The van der Waals surface area contributed by atoms with E-state index >= 15 is 0 Å². The molecule has 0 spiro atoms. The molecule has 0 saturated heterocycles. The molecule has 4 aromatic carbocycles. The summed E-state index contributed by atoms with van der Waals surface area (Å²) in [6.07, 6.45) is 1.89. The van der Waals surface area contributed by atoms with E-state index in [0.29, 0.717) is 0 Å². The summed E-state index contributed by atoms with van der Waals surface area (Å²) in [5.41, 5.74) is 10.9. The minimum absolute atomic E-state index is 0.169. The number of nitrogens with zero attached hydrogens (tertiary/aromatic N) is 1. The summed E-state index contributed by atoms with van der Waals surface area (Å²) in [5, 5.41) is 7.28. The SMILES string of the molecule is COc1ccc(CNC(C)c2cccc3ccccc23)cc1-c1ccc2c(ccn2CC(N)=O)c1. The molecule has 35 heavy (non-hydrogen) atoms. The number of rotatable bonds is 8. The van der Waals surface area contributed by atoms with Gasteiger partial charge >= 0.3 is 0 Å². The maximum Gasteiger partial charge on any atom is 0.237 e. The molecule has 0 aliphatic rings. The molecule has 3 N–H and O–H groups in total. The highest BCUT2D eigenvalue weighted by Crippen LogP contribution is 2.33. The van der Waals surface area contributed by atoms with Crippen molar-refractivity contribution in [2.75, 3.05) is 7.11 Å². The van der Waals surface area contributed by atoms with Crippen molar-refractivity contribution in [2.24, 2.45) is 5.73 Å². The maximum absolute atomic E-state index is 11.4. The number of fused-ring (bicyclic) bond motifs is 2. The second-order valence-corrected chi connectivity index (χ2v) is 8.89. The van der Waals surface area contributed by atoms with Crippen molar-refractivity contribution in [1.82, 2.24) is 9.88 Å². The third-order valence-electron chi connectivity index (χ3n) is 6.57. The standard InChI is InChI=1S/C30H29N3O2/c1-20(25-9-5-7-22-6-3-4-8-26(22)25)32-18-21-10-13-29(35-2)27(16-21)23-11-12-28-24(17-23)14-15-33(28)19-30(31)34/h3-17,20,32H,18-19H2,1-2H3,(H2,31,34). The number of ether oxygens (including phenoxy) is 1. The highest BCUT2D eigenvalue weighted by Gasteiger charge is 2.12. The third-order valence-corrected chi connectivity index (χ3v) is 6.57. The zero-order valence-corrected chi connectivity index (χ0v) is 20.0. The van der Waals surface area contributed by atoms with E-state index in [9.17, 15) is 4.79 Å². The number of hydrogen-bond donors (Lipinski definition) is 2. The number of nitrogens with one attached hydrogen (secondary N) is 1. The summed E-state index contributed by atoms with van der Waals surface area (Å²) in [7, 11) is 1.70. The van der Waals surface area contributed by atoms with Crippen LogP contribution in [0.2, 0.25) is 0 Å². The molecule has 0 saturated carbocycles. The van der Waals surface area contributed by atoms with Crippen LogP contribution in [0.15, 0.2) is 91.1 Å². The van der Waals surface area contributed by atoms with Crippen molar-refractivity contribution in [1.29, 1.82) is 0 Å². The zero-order valence-electron chi connectivity index (χ0n) is 20.0. The Morgan fingerprint density at radius 1 is 0.971 bits per heavy atom. The van der Waals surface area contributed by atoms with Crippen molar-refractivity contribution in [2.45, 2.75) is 26.1 Å². The highest BCUT2D eigenvalue weighted by atomic mass is 16.5. The number of nitrogens with two attached hydrogens (primary N) is 1. The molecule has 1 unspecified atom stereocenters. The van der Waals surface area contributed by atoms with Gasteiger partial charge in [0, 0.05) is 35.2 Å². The Balaban J connectivity index is 1.40. The molecule has 0 radical (unpaired) electrons. The lowest BCUT2D eigenvalue weighted by atomic mass is 9.98. The Labute approximate surface area is 205 Å². The lowest BCUT2D eigenvalue weighted by molar-refractivity contribution is -0.118. The minimum atomic E-state index is -0.355. The average Bonchev–Trinajstić information content (AvgIpc) is 3.28. The fourth-order valence-corrected chi connectivity index (χ4v) is 4.77. The molecule has 0 aliphatic heterocycles. The maximum atomic E-state index is 11.4. The predicted octanol–water partition coefficient (Wildman–Crippen LogP) is 5.81. The van der Waals surface area contributed by atoms with E-state index in [1.807, 2.05) is 29.0 Å². The van der Waals surface area contributed by atoms with Gasteiger partial charge in [-0.25, -0.2) is 0 Å². The van der Waals surface area contributed by atoms with Gasteiger partial charge in [-0.05, 0) is 64.7 Å². The number of amides is 1. The molecular weight excluding hydrogens is 434 g/mol. The quantitative estimate of drug-likeness (QED) is 0.305. The van der Waals surface area contributed by atoms with Crippen LogP contribution < -0.4 is 15.8 Å². The Morgan fingerprint density at radius 2 is 1.80 bits per heavy atom. The summed E-state index contributed by atoms with van der Waals surface area (Å²) in [4.78, 5) is 11.4. The second kappa shape index (κ2) is 9.65. The van der Waals surface area contributed by atoms with Crippen LogP contribution in [-0.2, 0) is 17.9 Å². The fraction of sp³-hybridized carbons (Fsp3) is 0.167. The average molecular weight is 464 g/mol. The molecule has 1 amide bonds. The molecular formula is C30H29N3O2. The van der Waals surface area contributed by atoms with Crippen molar-refractivity contribution in [3.8, 4) is 16.9 Å². The number of carbonyl (C=O) groups excluding carboxylic acids is 1. The number of benzene rings is 4. The Morgan fingerprint density at radius 3 is 2.63 bits per heavy atom. The first kappa shape index (κ1) is 22.7. The monoisotopic (exact) mass is 463 g/mol. The van der Waals surface area contributed by atoms with E-state index in [1.54, 1.807) is 7.11 Å². The molecule has 1 aromatic heterocycles. The normalized spacial score (nSPS) is 12.2. The molecule has 5 heteroatoms. The van der Waals surface area contributed by atoms with Crippen LogP contribution in [0.4, 0.5) is 0 Å². The molecule has 5 aromatic rings. The van der Waals surface area contributed by atoms with E-state index in [2.05, 4.69) is 79.0 Å². The van der Waals surface area contributed by atoms with Gasteiger partial charge in [0.05, 0.1) is 7.11 Å². The van der Waals surface area contributed by atoms with E-state index in [1.165, 1.54) is 21.9 Å². The van der Waals surface area contributed by atoms with Gasteiger partial charge < -0.3 is 20.4 Å². The Kier molecular flexibility index (Phi) is 6.25. The van der Waals surface area contributed by atoms with E-state index in [4.69, 9.17) is 10.5 Å². The summed E-state index contributed by atoms with van der Waals surface area (Å²) in [6, 6.07) is 29.7. The largest absolute Gasteiger partial charge is 0.496 e. The van der Waals surface area contributed by atoms with E-state index in [-0.39, 0.29) is 18.5 Å². The smallest absolute Gasteiger partial charge is 0.237 e. The Hall–Kier alpha value is -4.09.